The Morgan fingerprint density at radius 2 is 1.89 bits per heavy atom. The summed E-state index contributed by atoms with van der Waals surface area (Å²) < 4.78 is 38.2. The van der Waals surface area contributed by atoms with Gasteiger partial charge in [-0.25, -0.2) is 8.78 Å². The lowest BCUT2D eigenvalue weighted by atomic mass is 9.77. The van der Waals surface area contributed by atoms with Crippen LogP contribution in [0.25, 0.3) is 11.1 Å². The van der Waals surface area contributed by atoms with Crippen molar-refractivity contribution >= 4 is 17.5 Å². The number of aliphatic hydroxyl groups is 2. The van der Waals surface area contributed by atoms with Crippen LogP contribution < -0.4 is 15.4 Å². The molecule has 3 aromatic carbocycles. The number of carbonyl (C=O) groups is 1. The first-order valence-electron chi connectivity index (χ1n) is 12.7. The highest BCUT2D eigenvalue weighted by molar-refractivity contribution is 6.34. The average molecular weight is 541 g/mol. The second kappa shape index (κ2) is 9.31. The van der Waals surface area contributed by atoms with E-state index in [4.69, 9.17) is 16.3 Å². The van der Waals surface area contributed by atoms with Gasteiger partial charge in [0, 0.05) is 35.4 Å². The van der Waals surface area contributed by atoms with Crippen molar-refractivity contribution in [2.24, 2.45) is 0 Å². The molecule has 2 heterocycles. The first-order valence-corrected chi connectivity index (χ1v) is 13.1. The van der Waals surface area contributed by atoms with Gasteiger partial charge in [-0.15, -0.1) is 0 Å². The van der Waals surface area contributed by atoms with Gasteiger partial charge in [0.2, 0.25) is 0 Å². The summed E-state index contributed by atoms with van der Waals surface area (Å²) >= 11 is 6.54. The molecule has 0 saturated carbocycles. The summed E-state index contributed by atoms with van der Waals surface area (Å²) in [6.07, 6.45) is -0.217. The van der Waals surface area contributed by atoms with Gasteiger partial charge in [0.15, 0.2) is 5.60 Å². The van der Waals surface area contributed by atoms with Gasteiger partial charge in [-0.1, -0.05) is 41.9 Å². The molecule has 3 aliphatic rings. The summed E-state index contributed by atoms with van der Waals surface area (Å²) in [6, 6.07) is 11.4. The minimum absolute atomic E-state index is 0.0234. The van der Waals surface area contributed by atoms with Gasteiger partial charge in [0.25, 0.3) is 5.91 Å². The van der Waals surface area contributed by atoms with Crippen LogP contribution in [0.2, 0.25) is 5.02 Å². The molecule has 0 aromatic heterocycles. The second-order valence-corrected chi connectivity index (χ2v) is 10.5. The molecule has 1 aliphatic carbocycles. The number of aliphatic hydroxyl groups excluding tert-OH is 2. The molecular formula is C29H27ClF2N2O4. The zero-order valence-electron chi connectivity index (χ0n) is 20.7. The fourth-order valence-corrected chi connectivity index (χ4v) is 6.63. The number of ether oxygens (including phenoxy) is 1. The van der Waals surface area contributed by atoms with Crippen LogP contribution in [0.4, 0.5) is 8.78 Å². The zero-order chi connectivity index (χ0) is 26.8. The number of carbonyl (C=O) groups excluding carboxylic acids is 1. The minimum atomic E-state index is -1.38. The number of fused-ring (bicyclic) bond motifs is 2. The molecule has 9 heteroatoms. The lowest BCUT2D eigenvalue weighted by Crippen LogP contribution is -2.51. The quantitative estimate of drug-likeness (QED) is 0.385. The third-order valence-corrected chi connectivity index (χ3v) is 8.48. The Morgan fingerprint density at radius 3 is 2.58 bits per heavy atom. The zero-order valence-corrected chi connectivity index (χ0v) is 21.4. The molecule has 2 aliphatic heterocycles. The molecule has 1 amide bonds. The number of nitrogens with one attached hydrogen (secondary N) is 2. The van der Waals surface area contributed by atoms with Crippen molar-refractivity contribution in [1.29, 1.82) is 0 Å². The van der Waals surface area contributed by atoms with Crippen molar-refractivity contribution in [2.45, 2.75) is 49.5 Å². The predicted octanol–water partition coefficient (Wildman–Crippen LogP) is 4.70. The normalized spacial score (nSPS) is 25.7. The number of aryl methyl sites for hydroxylation is 1. The molecule has 0 bridgehead atoms. The van der Waals surface area contributed by atoms with Gasteiger partial charge in [-0.05, 0) is 49.4 Å². The highest BCUT2D eigenvalue weighted by Gasteiger charge is 2.57. The maximum atomic E-state index is 16.3. The first kappa shape index (κ1) is 25.2. The van der Waals surface area contributed by atoms with Crippen molar-refractivity contribution in [3.8, 4) is 16.9 Å². The van der Waals surface area contributed by atoms with Gasteiger partial charge in [0.05, 0.1) is 22.7 Å². The summed E-state index contributed by atoms with van der Waals surface area (Å²) in [5.74, 6) is -2.31. The lowest BCUT2D eigenvalue weighted by Gasteiger charge is -2.38. The molecule has 0 radical (unpaired) electrons. The summed E-state index contributed by atoms with van der Waals surface area (Å²) in [7, 11) is 1.41. The molecule has 1 fully saturated rings. The second-order valence-electron chi connectivity index (χ2n) is 10.1. The van der Waals surface area contributed by atoms with Gasteiger partial charge in [-0.3, -0.25) is 4.79 Å². The maximum Gasteiger partial charge on any atom is 0.251 e. The smallest absolute Gasteiger partial charge is 0.251 e. The van der Waals surface area contributed by atoms with E-state index in [1.165, 1.54) is 13.1 Å². The Bertz CT molecular complexity index is 1440. The molecule has 1 unspecified atom stereocenters. The molecule has 198 valence electrons. The van der Waals surface area contributed by atoms with Crippen LogP contribution >= 0.6 is 11.6 Å². The third kappa shape index (κ3) is 3.51. The van der Waals surface area contributed by atoms with E-state index >= 15 is 8.78 Å². The molecule has 4 atom stereocenters. The Kier molecular flexibility index (Phi) is 6.18. The van der Waals surface area contributed by atoms with Crippen LogP contribution in [0.5, 0.6) is 5.75 Å². The van der Waals surface area contributed by atoms with Gasteiger partial charge in [-0.2, -0.15) is 0 Å². The molecule has 4 N–H and O–H groups in total. The van der Waals surface area contributed by atoms with E-state index in [9.17, 15) is 15.0 Å². The number of amides is 1. The van der Waals surface area contributed by atoms with Crippen molar-refractivity contribution in [3.63, 3.8) is 0 Å². The standard InChI is InChI=1S/C29H27ClF2N2O4/c1-33-28(37)16-12-14-9-10-18(35)21(14)26(32)22(16)24-23-19(13-17(31)25(24)30)38-29(27(23)36,20-8-5-11-34-20)15-6-3-2-4-7-15/h2-4,6-7,12-13,18,20,27,34-36H,5,8-11H2,1H3,(H,33,37)/t18?,20-,27-,29-/m0/s1. The van der Waals surface area contributed by atoms with Gasteiger partial charge in [0.1, 0.15) is 23.5 Å². The highest BCUT2D eigenvalue weighted by Crippen LogP contribution is 2.58. The monoisotopic (exact) mass is 540 g/mol. The molecular weight excluding hydrogens is 514 g/mol. The number of benzene rings is 3. The van der Waals surface area contributed by atoms with Gasteiger partial charge >= 0.3 is 0 Å². The van der Waals surface area contributed by atoms with Crippen LogP contribution in [-0.4, -0.2) is 35.8 Å². The van der Waals surface area contributed by atoms with E-state index in [2.05, 4.69) is 10.6 Å². The summed E-state index contributed by atoms with van der Waals surface area (Å²) in [4.78, 5) is 13.0. The summed E-state index contributed by atoms with van der Waals surface area (Å²) in [5, 5.41) is 28.1. The Labute approximate surface area is 223 Å². The van der Waals surface area contributed by atoms with Crippen molar-refractivity contribution in [3.05, 3.63) is 86.9 Å². The SMILES string of the molecule is CNC(=O)c1cc2c(c(F)c1-c1c(Cl)c(F)cc3c1[C@H](O)[C@](c1ccccc1)([C@@H]1CCCN1)O3)C(O)CC2. The largest absolute Gasteiger partial charge is 0.477 e. The molecule has 3 aromatic rings. The minimum Gasteiger partial charge on any atom is -0.477 e. The van der Waals surface area contributed by atoms with E-state index in [-0.39, 0.29) is 39.6 Å². The predicted molar refractivity (Wildman–Crippen MR) is 138 cm³/mol. The van der Waals surface area contributed by atoms with E-state index in [0.29, 0.717) is 36.9 Å². The Hall–Kier alpha value is -3.04. The molecule has 1 saturated heterocycles. The van der Waals surface area contributed by atoms with Crippen molar-refractivity contribution in [1.82, 2.24) is 10.6 Å². The third-order valence-electron chi connectivity index (χ3n) is 8.12. The average Bonchev–Trinajstić information content (AvgIpc) is 3.65. The topological polar surface area (TPSA) is 90.8 Å². The summed E-state index contributed by atoms with van der Waals surface area (Å²) in [6.45, 7) is 0.714. The van der Waals surface area contributed by atoms with Crippen LogP contribution in [0.3, 0.4) is 0 Å². The van der Waals surface area contributed by atoms with E-state index in [1.807, 2.05) is 30.3 Å². The van der Waals surface area contributed by atoms with E-state index in [1.54, 1.807) is 0 Å². The highest BCUT2D eigenvalue weighted by atomic mass is 35.5. The number of halogens is 3. The van der Waals surface area contributed by atoms with E-state index in [0.717, 1.165) is 12.5 Å². The first-order chi connectivity index (χ1) is 18.3. The van der Waals surface area contributed by atoms with Crippen molar-refractivity contribution < 1.29 is 28.5 Å². The number of rotatable bonds is 4. The number of hydrogen-bond acceptors (Lipinski definition) is 5. The summed E-state index contributed by atoms with van der Waals surface area (Å²) in [5.41, 5.74) is -0.484. The fraction of sp³-hybridized carbons (Fsp3) is 0.345. The van der Waals surface area contributed by atoms with Crippen LogP contribution in [-0.2, 0) is 12.0 Å². The Balaban J connectivity index is 1.65. The molecule has 6 rings (SSSR count). The molecule has 0 spiro atoms. The molecule has 6 nitrogen and oxygen atoms in total. The Morgan fingerprint density at radius 1 is 1.13 bits per heavy atom. The van der Waals surface area contributed by atoms with Crippen LogP contribution in [0.15, 0.2) is 42.5 Å². The maximum absolute atomic E-state index is 16.3. The van der Waals surface area contributed by atoms with Crippen LogP contribution in [0, 0.1) is 11.6 Å². The number of hydrogen-bond donors (Lipinski definition) is 4. The van der Waals surface area contributed by atoms with E-state index < -0.39 is 40.4 Å². The van der Waals surface area contributed by atoms with Crippen molar-refractivity contribution in [2.75, 3.05) is 13.6 Å². The van der Waals surface area contributed by atoms with Crippen LogP contribution in [0.1, 0.15) is 64.1 Å². The molecule has 38 heavy (non-hydrogen) atoms. The fourth-order valence-electron chi connectivity index (χ4n) is 6.38. The van der Waals surface area contributed by atoms with Gasteiger partial charge < -0.3 is 25.6 Å². The lowest BCUT2D eigenvalue weighted by molar-refractivity contribution is -0.0566.